The van der Waals surface area contributed by atoms with Gasteiger partial charge < -0.3 is 0 Å². The third kappa shape index (κ3) is 2.87. The van der Waals surface area contributed by atoms with Crippen molar-refractivity contribution in [2.24, 2.45) is 0 Å². The van der Waals surface area contributed by atoms with Crippen molar-refractivity contribution in [1.29, 1.82) is 0 Å². The van der Waals surface area contributed by atoms with E-state index in [1.54, 1.807) is 4.31 Å². The Morgan fingerprint density at radius 1 is 1.29 bits per heavy atom. The molecule has 1 aromatic carbocycles. The van der Waals surface area contributed by atoms with E-state index >= 15 is 0 Å². The second-order valence-corrected chi connectivity index (χ2v) is 8.08. The van der Waals surface area contributed by atoms with Crippen LogP contribution in [0.1, 0.15) is 36.9 Å². The Balaban J connectivity index is 1.87. The number of hydrogen-bond acceptors (Lipinski definition) is 3. The van der Waals surface area contributed by atoms with E-state index in [0.717, 1.165) is 32.4 Å². The first-order valence-electron chi connectivity index (χ1n) is 7.79. The average Bonchev–Trinajstić information content (AvgIpc) is 2.46. The summed E-state index contributed by atoms with van der Waals surface area (Å²) >= 11 is 0. The molecule has 116 valence electrons. The summed E-state index contributed by atoms with van der Waals surface area (Å²) in [4.78, 5) is 2.52. The zero-order valence-corrected chi connectivity index (χ0v) is 13.6. The quantitative estimate of drug-likeness (QED) is 0.858. The normalized spacial score (nSPS) is 26.4. The van der Waals surface area contributed by atoms with Crippen LogP contribution in [-0.2, 0) is 16.4 Å². The molecule has 1 fully saturated rings. The van der Waals surface area contributed by atoms with Gasteiger partial charge in [0.25, 0.3) is 0 Å². The van der Waals surface area contributed by atoms with Crippen molar-refractivity contribution < 1.29 is 8.42 Å². The molecule has 3 rings (SSSR count). The van der Waals surface area contributed by atoms with Gasteiger partial charge in [0.2, 0.25) is 10.0 Å². The van der Waals surface area contributed by atoms with Gasteiger partial charge in [-0.1, -0.05) is 31.2 Å². The molecule has 2 heterocycles. The lowest BCUT2D eigenvalue weighted by Gasteiger charge is -2.45. The van der Waals surface area contributed by atoms with Crippen LogP contribution in [0.25, 0.3) is 0 Å². The van der Waals surface area contributed by atoms with Gasteiger partial charge in [0.1, 0.15) is 0 Å². The van der Waals surface area contributed by atoms with Gasteiger partial charge in [0, 0.05) is 31.7 Å². The van der Waals surface area contributed by atoms with Crippen molar-refractivity contribution in [3.8, 4) is 0 Å². The fraction of sp³-hybridized carbons (Fsp3) is 0.625. The zero-order valence-electron chi connectivity index (χ0n) is 12.8. The minimum Gasteiger partial charge on any atom is -0.296 e. The smallest absolute Gasteiger partial charge is 0.211 e. The molecular formula is C16H24N2O2S. The van der Waals surface area contributed by atoms with Gasteiger partial charge in [-0.3, -0.25) is 4.90 Å². The van der Waals surface area contributed by atoms with Gasteiger partial charge in [-0.05, 0) is 30.4 Å². The summed E-state index contributed by atoms with van der Waals surface area (Å²) in [6.07, 6.45) is 4.30. The predicted octanol–water partition coefficient (Wildman–Crippen LogP) is 2.03. The van der Waals surface area contributed by atoms with Crippen LogP contribution in [0, 0.1) is 0 Å². The molecule has 2 atom stereocenters. The monoisotopic (exact) mass is 308 g/mol. The van der Waals surface area contributed by atoms with Crippen molar-refractivity contribution in [1.82, 2.24) is 9.21 Å². The Bertz CT molecular complexity index is 614. The Hall–Kier alpha value is -0.910. The highest BCUT2D eigenvalue weighted by Gasteiger charge is 2.37. The number of fused-ring (bicyclic) bond motifs is 3. The number of nitrogens with zero attached hydrogens (tertiary/aromatic N) is 2. The Kier molecular flexibility index (Phi) is 4.08. The van der Waals surface area contributed by atoms with Crippen LogP contribution >= 0.6 is 0 Å². The Morgan fingerprint density at radius 2 is 2.05 bits per heavy atom. The van der Waals surface area contributed by atoms with Crippen LogP contribution < -0.4 is 0 Å². The summed E-state index contributed by atoms with van der Waals surface area (Å²) in [7, 11) is -3.11. The SMILES string of the molecule is CCN(C1CCN2CCc3ccccc3C2C1)S(C)(=O)=O. The van der Waals surface area contributed by atoms with Gasteiger partial charge in [0.15, 0.2) is 0 Å². The van der Waals surface area contributed by atoms with Crippen LogP contribution in [-0.4, -0.2) is 49.6 Å². The molecule has 0 saturated carbocycles. The number of hydrogen-bond donors (Lipinski definition) is 0. The third-order valence-electron chi connectivity index (χ3n) is 4.91. The standard InChI is InChI=1S/C16H24N2O2S/c1-3-18(21(2,19)20)14-9-11-17-10-8-13-6-4-5-7-15(13)16(17)12-14/h4-7,14,16H,3,8-12H2,1-2H3. The molecule has 2 aliphatic heterocycles. The number of benzene rings is 1. The first-order chi connectivity index (χ1) is 10.0. The number of rotatable bonds is 3. The van der Waals surface area contributed by atoms with E-state index in [1.807, 2.05) is 6.92 Å². The predicted molar refractivity (Wildman–Crippen MR) is 84.7 cm³/mol. The van der Waals surface area contributed by atoms with Gasteiger partial charge in [-0.25, -0.2) is 8.42 Å². The summed E-state index contributed by atoms with van der Waals surface area (Å²) < 4.78 is 25.6. The van der Waals surface area contributed by atoms with Gasteiger partial charge in [-0.15, -0.1) is 0 Å². The lowest BCUT2D eigenvalue weighted by molar-refractivity contribution is 0.0922. The molecule has 4 nitrogen and oxygen atoms in total. The van der Waals surface area contributed by atoms with Crippen molar-refractivity contribution in [2.45, 2.75) is 38.3 Å². The van der Waals surface area contributed by atoms with Crippen LogP contribution in [0.2, 0.25) is 0 Å². The molecule has 0 amide bonds. The lowest BCUT2D eigenvalue weighted by atomic mass is 9.85. The minimum absolute atomic E-state index is 0.136. The topological polar surface area (TPSA) is 40.6 Å². The molecule has 2 aliphatic rings. The molecule has 0 aliphatic carbocycles. The largest absolute Gasteiger partial charge is 0.296 e. The van der Waals surface area contributed by atoms with E-state index < -0.39 is 10.0 Å². The van der Waals surface area contributed by atoms with E-state index in [2.05, 4.69) is 29.2 Å². The van der Waals surface area contributed by atoms with Crippen LogP contribution in [0.3, 0.4) is 0 Å². The summed E-state index contributed by atoms with van der Waals surface area (Å²) in [5.41, 5.74) is 2.83. The highest BCUT2D eigenvalue weighted by atomic mass is 32.2. The molecule has 1 aromatic rings. The van der Waals surface area contributed by atoms with Crippen LogP contribution in [0.5, 0.6) is 0 Å². The average molecular weight is 308 g/mol. The maximum Gasteiger partial charge on any atom is 0.211 e. The molecule has 0 spiro atoms. The molecule has 0 aromatic heterocycles. The molecule has 5 heteroatoms. The lowest BCUT2D eigenvalue weighted by Crippen LogP contribution is -2.49. The highest BCUT2D eigenvalue weighted by Crippen LogP contribution is 2.38. The molecule has 21 heavy (non-hydrogen) atoms. The van der Waals surface area contributed by atoms with Crippen LogP contribution in [0.15, 0.2) is 24.3 Å². The first kappa shape index (κ1) is 15.0. The summed E-state index contributed by atoms with van der Waals surface area (Å²) in [6.45, 7) is 4.59. The minimum atomic E-state index is -3.11. The zero-order chi connectivity index (χ0) is 15.0. The molecule has 1 saturated heterocycles. The summed E-state index contributed by atoms with van der Waals surface area (Å²) in [5.74, 6) is 0. The molecular weight excluding hydrogens is 284 g/mol. The number of sulfonamides is 1. The molecule has 0 radical (unpaired) electrons. The van der Waals surface area contributed by atoms with E-state index in [0.29, 0.717) is 12.6 Å². The van der Waals surface area contributed by atoms with Crippen LogP contribution in [0.4, 0.5) is 0 Å². The van der Waals surface area contributed by atoms with Crippen molar-refractivity contribution >= 4 is 10.0 Å². The maximum atomic E-state index is 12.0. The first-order valence-corrected chi connectivity index (χ1v) is 9.64. The van der Waals surface area contributed by atoms with Crippen molar-refractivity contribution in [3.05, 3.63) is 35.4 Å². The number of piperidine rings is 1. The third-order valence-corrected chi connectivity index (χ3v) is 6.32. The Labute approximate surface area is 127 Å². The summed E-state index contributed by atoms with van der Waals surface area (Å²) in [6, 6.07) is 9.14. The van der Waals surface area contributed by atoms with E-state index in [9.17, 15) is 8.42 Å². The maximum absolute atomic E-state index is 12.0. The van der Waals surface area contributed by atoms with Gasteiger partial charge in [-0.2, -0.15) is 4.31 Å². The van der Waals surface area contributed by atoms with E-state index in [-0.39, 0.29) is 6.04 Å². The van der Waals surface area contributed by atoms with Crippen molar-refractivity contribution in [3.63, 3.8) is 0 Å². The van der Waals surface area contributed by atoms with Gasteiger partial charge in [0.05, 0.1) is 6.26 Å². The van der Waals surface area contributed by atoms with Crippen molar-refractivity contribution in [2.75, 3.05) is 25.9 Å². The highest BCUT2D eigenvalue weighted by molar-refractivity contribution is 7.88. The molecule has 0 bridgehead atoms. The van der Waals surface area contributed by atoms with E-state index in [4.69, 9.17) is 0 Å². The fourth-order valence-corrected chi connectivity index (χ4v) is 5.16. The van der Waals surface area contributed by atoms with Gasteiger partial charge >= 0.3 is 0 Å². The molecule has 0 N–H and O–H groups in total. The second kappa shape index (κ2) is 5.71. The molecule has 2 unspecified atom stereocenters. The second-order valence-electron chi connectivity index (χ2n) is 6.15. The van der Waals surface area contributed by atoms with E-state index in [1.165, 1.54) is 17.4 Å². The summed E-state index contributed by atoms with van der Waals surface area (Å²) in [5, 5.41) is 0. The fourth-order valence-electron chi connectivity index (χ4n) is 3.96. The Morgan fingerprint density at radius 3 is 2.76 bits per heavy atom.